The van der Waals surface area contributed by atoms with Crippen LogP contribution in [0.15, 0.2) is 17.5 Å². The van der Waals surface area contributed by atoms with E-state index in [1.165, 1.54) is 4.88 Å². The molecule has 1 saturated heterocycles. The van der Waals surface area contributed by atoms with Crippen molar-refractivity contribution in [1.29, 1.82) is 0 Å². The van der Waals surface area contributed by atoms with Crippen molar-refractivity contribution >= 4 is 11.3 Å². The third-order valence-corrected chi connectivity index (χ3v) is 5.78. The molecular weight excluding hydrogens is 310 g/mol. The van der Waals surface area contributed by atoms with Gasteiger partial charge < -0.3 is 5.11 Å². The van der Waals surface area contributed by atoms with Crippen LogP contribution >= 0.6 is 11.3 Å². The summed E-state index contributed by atoms with van der Waals surface area (Å²) < 4.78 is 1.97. The fraction of sp³-hybridized carbons (Fsp3) is 0.688. The molecular formula is C16H25N5OS. The Bertz CT molecular complexity index is 616. The van der Waals surface area contributed by atoms with Crippen molar-refractivity contribution in [3.63, 3.8) is 0 Å². The van der Waals surface area contributed by atoms with Crippen LogP contribution in [0.5, 0.6) is 0 Å². The first-order valence-corrected chi connectivity index (χ1v) is 9.15. The largest absolute Gasteiger partial charge is 0.393 e. The zero-order valence-corrected chi connectivity index (χ0v) is 14.8. The van der Waals surface area contributed by atoms with Gasteiger partial charge in [-0.25, -0.2) is 4.68 Å². The van der Waals surface area contributed by atoms with Gasteiger partial charge in [-0.15, -0.1) is 16.4 Å². The standard InChI is InChI=1S/C16H25N5OS/c1-4-16(2,3)21-15(17-18-19-21)14(13-6-5-11-23-13)20-9-7-12(22)8-10-20/h5-6,11-12,14,22H,4,7-10H2,1-3H3/t14-/m1/s1. The van der Waals surface area contributed by atoms with Crippen LogP contribution in [-0.4, -0.2) is 49.4 Å². The minimum absolute atomic E-state index is 0.0586. The molecule has 1 fully saturated rings. The predicted octanol–water partition coefficient (Wildman–Crippen LogP) is 2.43. The van der Waals surface area contributed by atoms with E-state index in [-0.39, 0.29) is 17.7 Å². The van der Waals surface area contributed by atoms with Gasteiger partial charge in [0.15, 0.2) is 5.82 Å². The average Bonchev–Trinajstić information content (AvgIpc) is 3.22. The average molecular weight is 335 g/mol. The lowest BCUT2D eigenvalue weighted by molar-refractivity contribution is 0.0654. The van der Waals surface area contributed by atoms with Gasteiger partial charge in [-0.2, -0.15) is 0 Å². The molecule has 1 atom stereocenters. The van der Waals surface area contributed by atoms with Crippen LogP contribution < -0.4 is 0 Å². The number of hydrogen-bond acceptors (Lipinski definition) is 6. The highest BCUT2D eigenvalue weighted by Crippen LogP contribution is 2.34. The lowest BCUT2D eigenvalue weighted by atomic mass is 10.0. The lowest BCUT2D eigenvalue weighted by Crippen LogP contribution is -2.41. The van der Waals surface area contributed by atoms with Gasteiger partial charge >= 0.3 is 0 Å². The van der Waals surface area contributed by atoms with Crippen LogP contribution in [0, 0.1) is 0 Å². The SMILES string of the molecule is CCC(C)(C)n1nnnc1[C@@H](c1cccs1)N1CCC(O)CC1. The molecule has 0 unspecified atom stereocenters. The van der Waals surface area contributed by atoms with Crippen LogP contribution in [0.25, 0.3) is 0 Å². The highest BCUT2D eigenvalue weighted by atomic mass is 32.1. The molecule has 0 aromatic carbocycles. The van der Waals surface area contributed by atoms with Crippen molar-refractivity contribution in [3.05, 3.63) is 28.2 Å². The topological polar surface area (TPSA) is 67.1 Å². The quantitative estimate of drug-likeness (QED) is 0.909. The third kappa shape index (κ3) is 3.32. The molecule has 23 heavy (non-hydrogen) atoms. The molecule has 0 spiro atoms. The molecule has 126 valence electrons. The van der Waals surface area contributed by atoms with E-state index < -0.39 is 0 Å². The van der Waals surface area contributed by atoms with Gasteiger partial charge in [-0.05, 0) is 55.0 Å². The van der Waals surface area contributed by atoms with Gasteiger partial charge in [0, 0.05) is 18.0 Å². The summed E-state index contributed by atoms with van der Waals surface area (Å²) >= 11 is 1.74. The maximum atomic E-state index is 9.82. The Morgan fingerprint density at radius 3 is 2.74 bits per heavy atom. The van der Waals surface area contributed by atoms with E-state index in [1.54, 1.807) is 11.3 Å². The molecule has 7 heteroatoms. The lowest BCUT2D eigenvalue weighted by Gasteiger charge is -2.36. The van der Waals surface area contributed by atoms with Crippen molar-refractivity contribution in [3.8, 4) is 0 Å². The summed E-state index contributed by atoms with van der Waals surface area (Å²) in [6.45, 7) is 8.21. The number of tetrazole rings is 1. The van der Waals surface area contributed by atoms with Gasteiger partial charge in [0.25, 0.3) is 0 Å². The van der Waals surface area contributed by atoms with Crippen molar-refractivity contribution < 1.29 is 5.11 Å². The molecule has 0 saturated carbocycles. The number of rotatable bonds is 5. The molecule has 0 bridgehead atoms. The van der Waals surface area contributed by atoms with Gasteiger partial charge in [-0.1, -0.05) is 13.0 Å². The Morgan fingerprint density at radius 2 is 2.13 bits per heavy atom. The van der Waals surface area contributed by atoms with E-state index in [9.17, 15) is 5.11 Å². The van der Waals surface area contributed by atoms with E-state index in [1.807, 2.05) is 4.68 Å². The Balaban J connectivity index is 1.99. The zero-order valence-electron chi connectivity index (χ0n) is 14.0. The van der Waals surface area contributed by atoms with Crippen LogP contribution in [0.3, 0.4) is 0 Å². The van der Waals surface area contributed by atoms with Crippen molar-refractivity contribution in [1.82, 2.24) is 25.1 Å². The molecule has 2 aromatic rings. The molecule has 1 aliphatic rings. The molecule has 1 N–H and O–H groups in total. The number of hydrogen-bond donors (Lipinski definition) is 1. The van der Waals surface area contributed by atoms with Crippen LogP contribution in [0.1, 0.15) is 56.8 Å². The number of piperidine rings is 1. The van der Waals surface area contributed by atoms with E-state index in [4.69, 9.17) is 0 Å². The van der Waals surface area contributed by atoms with E-state index in [0.717, 1.165) is 38.2 Å². The molecule has 0 aliphatic carbocycles. The smallest absolute Gasteiger partial charge is 0.174 e. The van der Waals surface area contributed by atoms with E-state index in [2.05, 4.69) is 58.7 Å². The monoisotopic (exact) mass is 335 g/mol. The highest BCUT2D eigenvalue weighted by molar-refractivity contribution is 7.10. The maximum Gasteiger partial charge on any atom is 0.174 e. The number of likely N-dealkylation sites (tertiary alicyclic amines) is 1. The van der Waals surface area contributed by atoms with Gasteiger partial charge in [0.1, 0.15) is 6.04 Å². The highest BCUT2D eigenvalue weighted by Gasteiger charge is 2.34. The van der Waals surface area contributed by atoms with Crippen molar-refractivity contribution in [2.45, 2.75) is 57.7 Å². The Labute approximate surface area is 141 Å². The summed E-state index contributed by atoms with van der Waals surface area (Å²) in [4.78, 5) is 3.65. The van der Waals surface area contributed by atoms with Crippen LogP contribution in [-0.2, 0) is 5.54 Å². The van der Waals surface area contributed by atoms with Gasteiger partial charge in [0.2, 0.25) is 0 Å². The van der Waals surface area contributed by atoms with Gasteiger partial charge in [-0.3, -0.25) is 4.90 Å². The van der Waals surface area contributed by atoms with Crippen LogP contribution in [0.4, 0.5) is 0 Å². The summed E-state index contributed by atoms with van der Waals surface area (Å²) in [6, 6.07) is 4.28. The second-order valence-electron chi connectivity index (χ2n) is 6.80. The molecule has 1 aliphatic heterocycles. The maximum absolute atomic E-state index is 9.82. The Kier molecular flexibility index (Phi) is 4.79. The Hall–Kier alpha value is -1.31. The van der Waals surface area contributed by atoms with E-state index >= 15 is 0 Å². The first kappa shape index (κ1) is 16.5. The molecule has 0 amide bonds. The van der Waals surface area contributed by atoms with E-state index in [0.29, 0.717) is 0 Å². The minimum atomic E-state index is -0.182. The number of thiophene rings is 1. The van der Waals surface area contributed by atoms with Crippen molar-refractivity contribution in [2.24, 2.45) is 0 Å². The molecule has 2 aromatic heterocycles. The fourth-order valence-corrected chi connectivity index (χ4v) is 3.86. The summed E-state index contributed by atoms with van der Waals surface area (Å²) in [5, 5.41) is 24.6. The van der Waals surface area contributed by atoms with Crippen LogP contribution in [0.2, 0.25) is 0 Å². The summed E-state index contributed by atoms with van der Waals surface area (Å²) in [6.07, 6.45) is 2.39. The molecule has 6 nitrogen and oxygen atoms in total. The first-order chi connectivity index (χ1) is 11.0. The number of aromatic nitrogens is 4. The first-order valence-electron chi connectivity index (χ1n) is 8.27. The summed E-state index contributed by atoms with van der Waals surface area (Å²) in [5.41, 5.74) is -0.121. The molecule has 3 rings (SSSR count). The summed E-state index contributed by atoms with van der Waals surface area (Å²) in [7, 11) is 0. The number of aliphatic hydroxyl groups is 1. The minimum Gasteiger partial charge on any atom is -0.393 e. The summed E-state index contributed by atoms with van der Waals surface area (Å²) in [5.74, 6) is 0.899. The molecule has 0 radical (unpaired) electrons. The zero-order chi connectivity index (χ0) is 16.4. The molecule has 3 heterocycles. The second kappa shape index (κ2) is 6.67. The third-order valence-electron chi connectivity index (χ3n) is 4.85. The predicted molar refractivity (Wildman–Crippen MR) is 90.4 cm³/mol. The normalized spacial score (nSPS) is 19.1. The Morgan fingerprint density at radius 1 is 1.39 bits per heavy atom. The van der Waals surface area contributed by atoms with Gasteiger partial charge in [0.05, 0.1) is 11.6 Å². The fourth-order valence-electron chi connectivity index (χ4n) is 3.01. The van der Waals surface area contributed by atoms with Crippen molar-refractivity contribution in [2.75, 3.05) is 13.1 Å². The second-order valence-corrected chi connectivity index (χ2v) is 7.78. The number of nitrogens with zero attached hydrogens (tertiary/aromatic N) is 5. The number of aliphatic hydroxyl groups excluding tert-OH is 1.